The number of hydrogen-bond acceptors (Lipinski definition) is 15. The summed E-state index contributed by atoms with van der Waals surface area (Å²) in [4.78, 5) is 79.0. The number of likely N-dealkylation sites (tertiary alicyclic amines) is 3. The number of amides is 4. The number of thiazole rings is 1. The lowest BCUT2D eigenvalue weighted by molar-refractivity contribution is -0.145. The van der Waals surface area contributed by atoms with Crippen LogP contribution >= 0.6 is 22.9 Å². The van der Waals surface area contributed by atoms with Gasteiger partial charge in [0, 0.05) is 63.2 Å². The highest BCUT2D eigenvalue weighted by Crippen LogP contribution is 2.44. The number of ether oxygens (including phenoxy) is 1. The number of piperidine rings is 1. The summed E-state index contributed by atoms with van der Waals surface area (Å²) < 4.78 is 23.6. The third kappa shape index (κ3) is 12.1. The third-order valence-corrected chi connectivity index (χ3v) is 17.9. The first kappa shape index (κ1) is 57.9. The number of phenolic OH excluding ortho intramolecular Hbond substituents is 1. The standard InChI is InChI=1S/C61H69ClFN11O7S/c1-7-50(78)73-23-22-72(30-41(73)16-19-64)56-46-29-47(62)51(45-27-42(75)26-40-10-8-9-11-44(40)45)52(63)53(46)68-59(69-56)81-25-24-70-20-17-61(18-21-70)33-71(34-61)32-49(77)67-55(60(4,5)6)58(80)74-31-43(76)28-48(74)57(79)66-36(2)38-12-14-39(15-13-38)54-37(3)65-35-82-54/h7-15,26-27,29,35-36,41,43,48,55,75-76H,1,16-18,20-25,28,30-34H2,2-6H3,(H,66,79)(H,67,77)/t36-,41-,43+,48-,55+/m0/s1. The fourth-order valence-corrected chi connectivity index (χ4v) is 13.3. The minimum absolute atomic E-state index is 0.0194. The Kier molecular flexibility index (Phi) is 16.9. The summed E-state index contributed by atoms with van der Waals surface area (Å²) in [7, 11) is 0. The van der Waals surface area contributed by atoms with E-state index in [0.717, 1.165) is 60.7 Å². The second kappa shape index (κ2) is 23.9. The van der Waals surface area contributed by atoms with E-state index in [1.807, 2.05) is 93.6 Å². The van der Waals surface area contributed by atoms with E-state index in [2.05, 4.69) is 43.0 Å². The van der Waals surface area contributed by atoms with E-state index < -0.39 is 41.4 Å². The Labute approximate surface area is 485 Å². The maximum Gasteiger partial charge on any atom is 0.319 e. The molecule has 0 radical (unpaired) electrons. The largest absolute Gasteiger partial charge is 0.508 e. The van der Waals surface area contributed by atoms with Crippen LogP contribution in [0.3, 0.4) is 0 Å². The van der Waals surface area contributed by atoms with Crippen LogP contribution in [0.4, 0.5) is 10.2 Å². The molecule has 0 aliphatic carbocycles. The topological polar surface area (TPSA) is 221 Å². The summed E-state index contributed by atoms with van der Waals surface area (Å²) in [6.07, 6.45) is 2.27. The van der Waals surface area contributed by atoms with Gasteiger partial charge >= 0.3 is 6.01 Å². The molecular weight excluding hydrogens is 1090 g/mol. The number of aliphatic hydroxyl groups is 1. The van der Waals surface area contributed by atoms with E-state index in [9.17, 15) is 34.7 Å². The number of nitriles is 1. The van der Waals surface area contributed by atoms with Gasteiger partial charge < -0.3 is 40.3 Å². The molecule has 0 saturated carbocycles. The average molecular weight is 1150 g/mol. The summed E-state index contributed by atoms with van der Waals surface area (Å²) in [6, 6.07) is 19.4. The first-order chi connectivity index (χ1) is 39.2. The quantitative estimate of drug-likeness (QED) is 0.0685. The number of nitrogens with zero attached hydrogens (tertiary/aromatic N) is 9. The zero-order valence-corrected chi connectivity index (χ0v) is 48.4. The Balaban J connectivity index is 0.753. The number of piperazine rings is 1. The number of carbonyl (C=O) groups excluding carboxylic acids is 4. The van der Waals surface area contributed by atoms with Crippen molar-refractivity contribution < 1.29 is 38.5 Å². The zero-order chi connectivity index (χ0) is 58.2. The molecular formula is C61H69ClFN11O7S. The molecule has 10 rings (SSSR count). The second-order valence-electron chi connectivity index (χ2n) is 23.4. The number of benzene rings is 4. The number of phenols is 1. The molecule has 4 aromatic carbocycles. The molecule has 4 fully saturated rings. The first-order valence-corrected chi connectivity index (χ1v) is 29.1. The number of anilines is 1. The van der Waals surface area contributed by atoms with E-state index in [4.69, 9.17) is 21.3 Å². The second-order valence-corrected chi connectivity index (χ2v) is 24.7. The van der Waals surface area contributed by atoms with Gasteiger partial charge in [0.1, 0.15) is 35.8 Å². The monoisotopic (exact) mass is 1150 g/mol. The van der Waals surface area contributed by atoms with Crippen molar-refractivity contribution in [2.75, 3.05) is 77.0 Å². The van der Waals surface area contributed by atoms with Crippen LogP contribution in [0.5, 0.6) is 11.8 Å². The molecule has 4 saturated heterocycles. The van der Waals surface area contributed by atoms with Crippen molar-refractivity contribution in [3.63, 3.8) is 0 Å². The Hall–Kier alpha value is -7.28. The third-order valence-electron chi connectivity index (χ3n) is 16.6. The lowest BCUT2D eigenvalue weighted by atomic mass is 9.72. The van der Waals surface area contributed by atoms with Crippen LogP contribution in [-0.4, -0.2) is 165 Å². The van der Waals surface area contributed by atoms with Crippen molar-refractivity contribution >= 4 is 74.1 Å². The molecule has 430 valence electrons. The molecule has 18 nitrogen and oxygen atoms in total. The number of aromatic hydroxyl groups is 1. The Morgan fingerprint density at radius 1 is 0.988 bits per heavy atom. The molecule has 4 aliphatic rings. The minimum Gasteiger partial charge on any atom is -0.508 e. The number of halogens is 2. The maximum atomic E-state index is 17.3. The van der Waals surface area contributed by atoms with Crippen LogP contribution < -0.4 is 20.3 Å². The van der Waals surface area contributed by atoms with Gasteiger partial charge in [-0.15, -0.1) is 11.3 Å². The SMILES string of the molecule is C=CC(=O)N1CCN(c2nc(OCCN3CCC4(CC3)CN(CC(=O)N[C@H](C(=O)N3C[C@H](O)C[C@H]3C(=O)N[C@@H](C)c3ccc(-c5scnc5C)cc3)C(C)(C)C)C4)nc3c(F)c(-c4cc(O)cc5ccccc45)c(Cl)cc23)C[C@@H]1CC#N. The first-order valence-electron chi connectivity index (χ1n) is 27.9. The maximum absolute atomic E-state index is 17.3. The number of rotatable bonds is 16. The van der Waals surface area contributed by atoms with Crippen molar-refractivity contribution in [3.8, 4) is 39.4 Å². The number of aliphatic hydroxyl groups excluding tert-OH is 1. The molecule has 82 heavy (non-hydrogen) atoms. The van der Waals surface area contributed by atoms with Gasteiger partial charge in [-0.05, 0) is 102 Å². The number of aryl methyl sites for hydroxylation is 1. The van der Waals surface area contributed by atoms with Crippen molar-refractivity contribution in [3.05, 3.63) is 107 Å². The number of fused-ring (bicyclic) bond motifs is 2. The summed E-state index contributed by atoms with van der Waals surface area (Å²) in [5.41, 5.74) is 4.44. The van der Waals surface area contributed by atoms with Crippen LogP contribution in [0.15, 0.2) is 84.9 Å². The van der Waals surface area contributed by atoms with Crippen molar-refractivity contribution in [2.24, 2.45) is 10.8 Å². The molecule has 4 aliphatic heterocycles. The predicted octanol–water partition coefficient (Wildman–Crippen LogP) is 7.64. The molecule has 0 bridgehead atoms. The van der Waals surface area contributed by atoms with Gasteiger partial charge in [-0.25, -0.2) is 9.37 Å². The summed E-state index contributed by atoms with van der Waals surface area (Å²) in [5.74, 6) is -1.79. The molecule has 0 unspecified atom stereocenters. The lowest BCUT2D eigenvalue weighted by Gasteiger charge is -2.54. The summed E-state index contributed by atoms with van der Waals surface area (Å²) in [6.45, 7) is 17.8. The number of carbonyl (C=O) groups is 4. The fourth-order valence-electron chi connectivity index (χ4n) is 12.2. The van der Waals surface area contributed by atoms with Crippen molar-refractivity contribution in [1.29, 1.82) is 5.26 Å². The van der Waals surface area contributed by atoms with Crippen molar-refractivity contribution in [1.82, 2.24) is 45.2 Å². The van der Waals surface area contributed by atoms with Gasteiger partial charge in [-0.3, -0.25) is 29.0 Å². The molecule has 21 heteroatoms. The van der Waals surface area contributed by atoms with Crippen LogP contribution in [0.25, 0.3) is 43.2 Å². The molecule has 6 aromatic rings. The summed E-state index contributed by atoms with van der Waals surface area (Å²) in [5, 5.41) is 39.1. The fraction of sp³-hybridized carbons (Fsp3) is 0.443. The van der Waals surface area contributed by atoms with Gasteiger partial charge in [0.15, 0.2) is 5.82 Å². The predicted molar refractivity (Wildman–Crippen MR) is 314 cm³/mol. The van der Waals surface area contributed by atoms with Gasteiger partial charge in [0.05, 0.1) is 58.3 Å². The van der Waals surface area contributed by atoms with E-state index in [1.54, 1.807) is 28.4 Å². The van der Waals surface area contributed by atoms with E-state index >= 15 is 4.39 Å². The molecule has 1 spiro atoms. The number of β-amino-alcohol motifs (C(OH)–C–C–N with tert-alkyl or cyclic N) is 1. The number of aromatic nitrogens is 3. The average Bonchev–Trinajstić information content (AvgIpc) is 2.67. The highest BCUT2D eigenvalue weighted by molar-refractivity contribution is 7.13. The van der Waals surface area contributed by atoms with Crippen LogP contribution in [0, 0.1) is 34.9 Å². The highest BCUT2D eigenvalue weighted by Gasteiger charge is 2.47. The van der Waals surface area contributed by atoms with Crippen LogP contribution in [-0.2, 0) is 19.2 Å². The van der Waals surface area contributed by atoms with E-state index in [-0.39, 0.29) is 103 Å². The Bertz CT molecular complexity index is 3460. The van der Waals surface area contributed by atoms with E-state index in [0.29, 0.717) is 40.6 Å². The van der Waals surface area contributed by atoms with E-state index in [1.165, 1.54) is 17.0 Å². The molecule has 2 aromatic heterocycles. The molecule has 5 atom stereocenters. The lowest BCUT2D eigenvalue weighted by Crippen LogP contribution is -2.63. The number of hydrogen-bond donors (Lipinski definition) is 4. The van der Waals surface area contributed by atoms with Crippen LogP contribution in [0.2, 0.25) is 5.02 Å². The zero-order valence-electron chi connectivity index (χ0n) is 46.8. The minimum atomic E-state index is -0.944. The highest BCUT2D eigenvalue weighted by atomic mass is 35.5. The normalized spacial score (nSPS) is 20.1. The Morgan fingerprint density at radius 3 is 2.43 bits per heavy atom. The van der Waals surface area contributed by atoms with Gasteiger partial charge in [0.25, 0.3) is 0 Å². The van der Waals surface area contributed by atoms with Crippen molar-refractivity contribution in [2.45, 2.75) is 90.6 Å². The Morgan fingerprint density at radius 2 is 1.73 bits per heavy atom. The molecule has 4 N–H and O–H groups in total. The van der Waals surface area contributed by atoms with Gasteiger partial charge in [-0.2, -0.15) is 15.2 Å². The van der Waals surface area contributed by atoms with Crippen LogP contribution in [0.1, 0.15) is 70.7 Å². The summed E-state index contributed by atoms with van der Waals surface area (Å²) >= 11 is 8.54. The molecule has 4 amide bonds. The smallest absolute Gasteiger partial charge is 0.319 e. The van der Waals surface area contributed by atoms with Gasteiger partial charge in [-0.1, -0.05) is 87.5 Å². The number of nitrogens with one attached hydrogen (secondary N) is 2. The van der Waals surface area contributed by atoms with Gasteiger partial charge in [0.2, 0.25) is 23.6 Å². The molecule has 6 heterocycles.